The molecule has 2 aromatic heterocycles. The monoisotopic (exact) mass is 573 g/mol. The summed E-state index contributed by atoms with van der Waals surface area (Å²) >= 11 is 3.23. The molecule has 0 aliphatic carbocycles. The number of aromatic nitrogens is 3. The van der Waals surface area contributed by atoms with Crippen molar-refractivity contribution in [3.63, 3.8) is 0 Å². The van der Waals surface area contributed by atoms with Crippen LogP contribution in [0.1, 0.15) is 22.6 Å². The summed E-state index contributed by atoms with van der Waals surface area (Å²) in [5.74, 6) is -1.71. The summed E-state index contributed by atoms with van der Waals surface area (Å²) in [4.78, 5) is 33.0. The highest BCUT2D eigenvalue weighted by Gasteiger charge is 2.15. The molecule has 188 valence electrons. The second-order valence-corrected chi connectivity index (χ2v) is 8.18. The van der Waals surface area contributed by atoms with Crippen molar-refractivity contribution in [1.29, 1.82) is 0 Å². The first kappa shape index (κ1) is 28.3. The van der Waals surface area contributed by atoms with E-state index in [9.17, 15) is 18.4 Å². The zero-order chi connectivity index (χ0) is 24.8. The molecule has 1 atom stereocenters. The summed E-state index contributed by atoms with van der Waals surface area (Å²) in [6, 6.07) is 3.78. The number of hydrogen-bond donors (Lipinski definition) is 3. The van der Waals surface area contributed by atoms with E-state index in [1.807, 2.05) is 0 Å². The van der Waals surface area contributed by atoms with E-state index in [-0.39, 0.29) is 53.4 Å². The van der Waals surface area contributed by atoms with E-state index in [4.69, 9.17) is 15.6 Å². The lowest BCUT2D eigenvalue weighted by atomic mass is 10.2. The van der Waals surface area contributed by atoms with Crippen LogP contribution < -0.4 is 21.3 Å². The van der Waals surface area contributed by atoms with E-state index in [0.29, 0.717) is 17.1 Å². The van der Waals surface area contributed by atoms with Gasteiger partial charge in [-0.25, -0.2) is 8.78 Å². The van der Waals surface area contributed by atoms with Crippen molar-refractivity contribution in [3.8, 4) is 5.75 Å². The van der Waals surface area contributed by atoms with Crippen molar-refractivity contribution in [2.24, 2.45) is 5.73 Å². The van der Waals surface area contributed by atoms with Gasteiger partial charge in [0, 0.05) is 23.4 Å². The topological polar surface area (TPSA) is 132 Å². The van der Waals surface area contributed by atoms with Crippen LogP contribution in [0, 0.1) is 18.6 Å². The highest BCUT2D eigenvalue weighted by molar-refractivity contribution is 9.10. The van der Waals surface area contributed by atoms with Crippen LogP contribution in [0.15, 0.2) is 45.9 Å². The minimum absolute atomic E-state index is 0. The number of aliphatic hydroxyl groups excluding tert-OH is 1. The number of nitrogens with two attached hydrogens (primary N) is 1. The van der Waals surface area contributed by atoms with Crippen LogP contribution in [-0.2, 0) is 24.5 Å². The predicted molar refractivity (Wildman–Crippen MR) is 129 cm³/mol. The highest BCUT2D eigenvalue weighted by Crippen LogP contribution is 2.24. The third kappa shape index (κ3) is 7.28. The van der Waals surface area contributed by atoms with E-state index in [0.717, 1.165) is 12.1 Å². The Kier molecular flexibility index (Phi) is 10.3. The van der Waals surface area contributed by atoms with Gasteiger partial charge in [0.2, 0.25) is 5.91 Å². The molecule has 0 radical (unpaired) electrons. The first-order valence-corrected chi connectivity index (χ1v) is 10.9. The van der Waals surface area contributed by atoms with Crippen LogP contribution in [0.4, 0.5) is 8.78 Å². The van der Waals surface area contributed by atoms with Gasteiger partial charge in [0.15, 0.2) is 0 Å². The van der Waals surface area contributed by atoms with Gasteiger partial charge in [-0.1, -0.05) is 0 Å². The van der Waals surface area contributed by atoms with Crippen molar-refractivity contribution in [1.82, 2.24) is 19.9 Å². The summed E-state index contributed by atoms with van der Waals surface area (Å²) in [5.41, 5.74) is 6.74. The quantitative estimate of drug-likeness (QED) is 0.356. The van der Waals surface area contributed by atoms with Crippen LogP contribution >= 0.6 is 28.3 Å². The molecule has 0 spiro atoms. The fourth-order valence-electron chi connectivity index (χ4n) is 2.92. The number of hydrogen-bond acceptors (Lipinski definition) is 7. The molecule has 9 nitrogen and oxygen atoms in total. The highest BCUT2D eigenvalue weighted by atomic mass is 79.9. The lowest BCUT2D eigenvalue weighted by Crippen LogP contribution is -2.42. The van der Waals surface area contributed by atoms with Crippen molar-refractivity contribution in [2.75, 3.05) is 6.61 Å². The van der Waals surface area contributed by atoms with E-state index in [2.05, 4.69) is 31.2 Å². The van der Waals surface area contributed by atoms with E-state index < -0.39 is 30.2 Å². The second kappa shape index (κ2) is 12.7. The van der Waals surface area contributed by atoms with Gasteiger partial charge in [-0.3, -0.25) is 19.6 Å². The summed E-state index contributed by atoms with van der Waals surface area (Å²) in [7, 11) is 0. The van der Waals surface area contributed by atoms with Gasteiger partial charge in [0.05, 0.1) is 43.5 Å². The van der Waals surface area contributed by atoms with Crippen molar-refractivity contribution < 1.29 is 23.4 Å². The zero-order valence-electron chi connectivity index (χ0n) is 18.5. The molecule has 0 fully saturated rings. The number of aryl methyl sites for hydroxylation is 1. The number of aliphatic hydroxyl groups is 1. The Balaban J connectivity index is 0.00000432. The molecule has 0 saturated carbocycles. The van der Waals surface area contributed by atoms with Crippen LogP contribution in [0.5, 0.6) is 5.75 Å². The molecular formula is C22H23BrClF2N5O4. The average Bonchev–Trinajstić information content (AvgIpc) is 2.82. The number of benzene rings is 1. The first-order valence-electron chi connectivity index (χ1n) is 10.1. The Labute approximate surface area is 213 Å². The average molecular weight is 575 g/mol. The van der Waals surface area contributed by atoms with Gasteiger partial charge >= 0.3 is 0 Å². The second-order valence-electron chi connectivity index (χ2n) is 7.39. The standard InChI is InChI=1S/C22H22BrF2N5O4.ClH/c1-12-4-19(34-11-13-2-3-14(24)5-17(13)25)20(23)22(33)30(12)9-16-8-27-15(6-28-16)7-29-21(32)18(26)10-31;/h2-6,8,18,31H,7,9-11,26H2,1H3,(H,29,32);1H/t18-;/m0./s1. The predicted octanol–water partition coefficient (Wildman–Crippen LogP) is 1.97. The van der Waals surface area contributed by atoms with Crippen molar-refractivity contribution in [3.05, 3.63) is 85.8 Å². The molecule has 2 heterocycles. The number of carbonyl (C=O) groups excluding carboxylic acids is 1. The molecule has 13 heteroatoms. The Hall–Kier alpha value is -2.93. The van der Waals surface area contributed by atoms with Gasteiger partial charge < -0.3 is 25.5 Å². The number of pyridine rings is 1. The fraction of sp³-hybridized carbons (Fsp3) is 0.273. The van der Waals surface area contributed by atoms with Crippen molar-refractivity contribution in [2.45, 2.75) is 32.7 Å². The van der Waals surface area contributed by atoms with Crippen molar-refractivity contribution >= 4 is 34.2 Å². The normalized spacial score (nSPS) is 11.5. The summed E-state index contributed by atoms with van der Waals surface area (Å²) in [6.07, 6.45) is 2.94. The third-order valence-electron chi connectivity index (χ3n) is 4.87. The molecule has 0 aliphatic heterocycles. The minimum atomic E-state index is -1.01. The molecule has 3 rings (SSSR count). The number of ether oxygens (including phenoxy) is 1. The molecular weight excluding hydrogens is 552 g/mol. The molecule has 4 N–H and O–H groups in total. The lowest BCUT2D eigenvalue weighted by Gasteiger charge is -2.15. The maximum Gasteiger partial charge on any atom is 0.269 e. The van der Waals surface area contributed by atoms with Gasteiger partial charge in [-0.05, 0) is 35.0 Å². The number of amides is 1. The van der Waals surface area contributed by atoms with E-state index >= 15 is 0 Å². The summed E-state index contributed by atoms with van der Waals surface area (Å²) < 4.78 is 34.1. The van der Waals surface area contributed by atoms with Crippen LogP contribution in [0.3, 0.4) is 0 Å². The number of rotatable bonds is 9. The van der Waals surface area contributed by atoms with Crippen LogP contribution in [-0.4, -0.2) is 38.2 Å². The third-order valence-corrected chi connectivity index (χ3v) is 5.60. The SMILES string of the molecule is Cc1cc(OCc2ccc(F)cc2F)c(Br)c(=O)n1Cc1cnc(CNC(=O)[C@@H](N)CO)cn1.Cl. The number of halogens is 4. The van der Waals surface area contributed by atoms with E-state index in [1.54, 1.807) is 13.0 Å². The minimum Gasteiger partial charge on any atom is -0.487 e. The first-order chi connectivity index (χ1) is 16.2. The van der Waals surface area contributed by atoms with E-state index in [1.165, 1.54) is 23.0 Å². The molecule has 0 bridgehead atoms. The molecule has 1 amide bonds. The molecule has 3 aromatic rings. The Morgan fingerprint density at radius 1 is 1.26 bits per heavy atom. The molecule has 1 aromatic carbocycles. The van der Waals surface area contributed by atoms with Gasteiger partial charge in [0.25, 0.3) is 5.56 Å². The maximum atomic E-state index is 13.8. The van der Waals surface area contributed by atoms with Gasteiger partial charge in [-0.2, -0.15) is 0 Å². The molecule has 0 aliphatic rings. The molecule has 0 unspecified atom stereocenters. The fourth-order valence-corrected chi connectivity index (χ4v) is 3.36. The smallest absolute Gasteiger partial charge is 0.269 e. The number of nitrogens with zero attached hydrogens (tertiary/aromatic N) is 3. The zero-order valence-corrected chi connectivity index (χ0v) is 20.9. The summed E-state index contributed by atoms with van der Waals surface area (Å²) in [5, 5.41) is 11.4. The van der Waals surface area contributed by atoms with Crippen LogP contribution in [0.25, 0.3) is 0 Å². The van der Waals surface area contributed by atoms with Gasteiger partial charge in [-0.15, -0.1) is 12.4 Å². The summed E-state index contributed by atoms with van der Waals surface area (Å²) in [6.45, 7) is 1.28. The molecule has 0 saturated heterocycles. The molecule has 35 heavy (non-hydrogen) atoms. The Morgan fingerprint density at radius 3 is 2.57 bits per heavy atom. The lowest BCUT2D eigenvalue weighted by molar-refractivity contribution is -0.123. The number of carbonyl (C=O) groups is 1. The van der Waals surface area contributed by atoms with Gasteiger partial charge in [0.1, 0.15) is 34.5 Å². The Bertz CT molecular complexity index is 1240. The Morgan fingerprint density at radius 2 is 1.94 bits per heavy atom. The van der Waals surface area contributed by atoms with Crippen LogP contribution in [0.2, 0.25) is 0 Å². The largest absolute Gasteiger partial charge is 0.487 e. The number of nitrogens with one attached hydrogen (secondary N) is 1. The maximum absolute atomic E-state index is 13.8.